The highest BCUT2D eigenvalue weighted by atomic mass is 14.6. The second kappa shape index (κ2) is 1.53. The molecule has 0 nitrogen and oxygen atoms in total. The van der Waals surface area contributed by atoms with Crippen LogP contribution in [0.1, 0.15) is 39.5 Å². The third-order valence-corrected chi connectivity index (χ3v) is 3.99. The van der Waals surface area contributed by atoms with E-state index in [1.54, 1.807) is 0 Å². The quantitative estimate of drug-likeness (QED) is 0.466. The van der Waals surface area contributed by atoms with E-state index in [9.17, 15) is 0 Å². The molecule has 0 heterocycles. The van der Waals surface area contributed by atoms with Crippen molar-refractivity contribution in [3.05, 3.63) is 0 Å². The summed E-state index contributed by atoms with van der Waals surface area (Å²) < 4.78 is 0. The van der Waals surface area contributed by atoms with E-state index in [-0.39, 0.29) is 0 Å². The first-order valence-electron chi connectivity index (χ1n) is 4.27. The molecule has 2 atom stereocenters. The van der Waals surface area contributed by atoms with Crippen molar-refractivity contribution in [2.24, 2.45) is 17.3 Å². The minimum Gasteiger partial charge on any atom is -0.0617 e. The van der Waals surface area contributed by atoms with Crippen LogP contribution in [0.3, 0.4) is 0 Å². The first-order chi connectivity index (χ1) is 4.27. The Bertz CT molecular complexity index is 110. The van der Waals surface area contributed by atoms with Gasteiger partial charge in [0.2, 0.25) is 0 Å². The lowest BCUT2D eigenvalue weighted by Gasteiger charge is -2.03. The van der Waals surface area contributed by atoms with E-state index >= 15 is 0 Å². The Morgan fingerprint density at radius 2 is 1.44 bits per heavy atom. The van der Waals surface area contributed by atoms with Gasteiger partial charge in [0.05, 0.1) is 0 Å². The second-order valence-corrected chi connectivity index (χ2v) is 4.02. The molecule has 2 saturated carbocycles. The van der Waals surface area contributed by atoms with Gasteiger partial charge in [-0.2, -0.15) is 0 Å². The van der Waals surface area contributed by atoms with Gasteiger partial charge in [-0.15, -0.1) is 0 Å². The van der Waals surface area contributed by atoms with E-state index in [0.717, 1.165) is 17.3 Å². The van der Waals surface area contributed by atoms with E-state index in [4.69, 9.17) is 0 Å². The number of hydrogen-bond donors (Lipinski definition) is 0. The molecule has 0 heteroatoms. The monoisotopic (exact) mass is 124 g/mol. The Morgan fingerprint density at radius 3 is 1.67 bits per heavy atom. The maximum Gasteiger partial charge on any atom is -0.0241 e. The molecule has 0 radical (unpaired) electrons. The number of rotatable bonds is 0. The summed E-state index contributed by atoms with van der Waals surface area (Å²) in [5, 5.41) is 0. The predicted molar refractivity (Wildman–Crippen MR) is 39.2 cm³/mol. The van der Waals surface area contributed by atoms with Crippen LogP contribution in [-0.2, 0) is 0 Å². The summed E-state index contributed by atoms with van der Waals surface area (Å²) in [6.07, 6.45) is 6.09. The van der Waals surface area contributed by atoms with Crippen LogP contribution in [0.15, 0.2) is 0 Å². The molecule has 0 aromatic carbocycles. The largest absolute Gasteiger partial charge is 0.0617 e. The average Bonchev–Trinajstić information content (AvgIpc) is 2.44. The van der Waals surface area contributed by atoms with Crippen LogP contribution >= 0.6 is 0 Å². The molecule has 2 aliphatic carbocycles. The van der Waals surface area contributed by atoms with Gasteiger partial charge in [-0.1, -0.05) is 26.7 Å². The highest BCUT2D eigenvalue weighted by Crippen LogP contribution is 2.66. The molecule has 2 unspecified atom stereocenters. The summed E-state index contributed by atoms with van der Waals surface area (Å²) in [5.41, 5.74) is 0.861. The molecule has 1 spiro atoms. The van der Waals surface area contributed by atoms with Crippen molar-refractivity contribution in [1.29, 1.82) is 0 Å². The van der Waals surface area contributed by atoms with Gasteiger partial charge in [-0.3, -0.25) is 0 Å². The van der Waals surface area contributed by atoms with Crippen LogP contribution in [0, 0.1) is 17.3 Å². The summed E-state index contributed by atoms with van der Waals surface area (Å²) in [6.45, 7) is 4.85. The van der Waals surface area contributed by atoms with Gasteiger partial charge in [0.15, 0.2) is 0 Å². The SMILES string of the molecule is CC1C(C)C12CCCC2. The predicted octanol–water partition coefficient (Wildman–Crippen LogP) is 2.83. The maximum atomic E-state index is 2.43. The van der Waals surface area contributed by atoms with Crippen molar-refractivity contribution in [3.8, 4) is 0 Å². The molecular formula is C9H16. The molecule has 2 rings (SSSR count). The smallest absolute Gasteiger partial charge is 0.0241 e. The van der Waals surface area contributed by atoms with E-state index in [0.29, 0.717) is 0 Å². The van der Waals surface area contributed by atoms with Gasteiger partial charge in [-0.25, -0.2) is 0 Å². The zero-order chi connectivity index (χ0) is 6.48. The van der Waals surface area contributed by atoms with Crippen molar-refractivity contribution >= 4 is 0 Å². The zero-order valence-corrected chi connectivity index (χ0v) is 6.48. The van der Waals surface area contributed by atoms with Crippen LogP contribution in [0.4, 0.5) is 0 Å². The van der Waals surface area contributed by atoms with Gasteiger partial charge >= 0.3 is 0 Å². The van der Waals surface area contributed by atoms with Gasteiger partial charge in [0, 0.05) is 0 Å². The highest BCUT2D eigenvalue weighted by molar-refractivity contribution is 5.07. The topological polar surface area (TPSA) is 0 Å². The van der Waals surface area contributed by atoms with Crippen LogP contribution in [0.25, 0.3) is 0 Å². The Morgan fingerprint density at radius 1 is 1.00 bits per heavy atom. The summed E-state index contributed by atoms with van der Waals surface area (Å²) in [7, 11) is 0. The van der Waals surface area contributed by atoms with Gasteiger partial charge in [-0.05, 0) is 30.1 Å². The first kappa shape index (κ1) is 5.76. The Kier molecular flexibility index (Phi) is 0.980. The lowest BCUT2D eigenvalue weighted by molar-refractivity contribution is 0.462. The van der Waals surface area contributed by atoms with Gasteiger partial charge in [0.25, 0.3) is 0 Å². The molecule has 2 fully saturated rings. The normalized spacial score (nSPS) is 46.0. The minimum absolute atomic E-state index is 0.861. The molecule has 0 saturated heterocycles. The van der Waals surface area contributed by atoms with Crippen molar-refractivity contribution < 1.29 is 0 Å². The summed E-state index contributed by atoms with van der Waals surface area (Å²) in [6, 6.07) is 0. The lowest BCUT2D eigenvalue weighted by Crippen LogP contribution is -1.94. The maximum absolute atomic E-state index is 2.43. The summed E-state index contributed by atoms with van der Waals surface area (Å²) in [5.74, 6) is 2.11. The third-order valence-electron chi connectivity index (χ3n) is 3.99. The van der Waals surface area contributed by atoms with E-state index in [2.05, 4.69) is 13.8 Å². The lowest BCUT2D eigenvalue weighted by atomic mass is 10.0. The Labute approximate surface area is 57.6 Å². The van der Waals surface area contributed by atoms with Crippen LogP contribution < -0.4 is 0 Å². The fourth-order valence-electron chi connectivity index (χ4n) is 2.89. The summed E-state index contributed by atoms with van der Waals surface area (Å²) >= 11 is 0. The van der Waals surface area contributed by atoms with Gasteiger partial charge < -0.3 is 0 Å². The molecule has 0 aliphatic heterocycles. The molecule has 0 amide bonds. The van der Waals surface area contributed by atoms with Crippen LogP contribution in [0.5, 0.6) is 0 Å². The highest BCUT2D eigenvalue weighted by Gasteiger charge is 2.59. The van der Waals surface area contributed by atoms with Crippen LogP contribution in [-0.4, -0.2) is 0 Å². The Balaban J connectivity index is 2.11. The van der Waals surface area contributed by atoms with E-state index in [1.807, 2.05) is 0 Å². The van der Waals surface area contributed by atoms with Crippen molar-refractivity contribution in [2.75, 3.05) is 0 Å². The molecular weight excluding hydrogens is 108 g/mol. The minimum atomic E-state index is 0.861. The Hall–Kier alpha value is 0. The molecule has 0 aromatic rings. The van der Waals surface area contributed by atoms with Crippen molar-refractivity contribution in [3.63, 3.8) is 0 Å². The fraction of sp³-hybridized carbons (Fsp3) is 1.00. The average molecular weight is 124 g/mol. The van der Waals surface area contributed by atoms with Crippen molar-refractivity contribution in [1.82, 2.24) is 0 Å². The molecule has 52 valence electrons. The fourth-order valence-corrected chi connectivity index (χ4v) is 2.89. The van der Waals surface area contributed by atoms with Crippen molar-refractivity contribution in [2.45, 2.75) is 39.5 Å². The second-order valence-electron chi connectivity index (χ2n) is 4.02. The first-order valence-corrected chi connectivity index (χ1v) is 4.27. The van der Waals surface area contributed by atoms with E-state index in [1.165, 1.54) is 25.7 Å². The third kappa shape index (κ3) is 0.544. The molecule has 2 aliphatic rings. The van der Waals surface area contributed by atoms with E-state index < -0.39 is 0 Å². The van der Waals surface area contributed by atoms with Crippen LogP contribution in [0.2, 0.25) is 0 Å². The summed E-state index contributed by atoms with van der Waals surface area (Å²) in [4.78, 5) is 0. The standard InChI is InChI=1S/C9H16/c1-7-8(2)9(7)5-3-4-6-9/h7-8H,3-6H2,1-2H3. The molecule has 0 aromatic heterocycles. The molecule has 0 N–H and O–H groups in total. The zero-order valence-electron chi connectivity index (χ0n) is 6.48. The van der Waals surface area contributed by atoms with Gasteiger partial charge in [0.1, 0.15) is 0 Å². The number of hydrogen-bond acceptors (Lipinski definition) is 0. The molecule has 9 heavy (non-hydrogen) atoms. The molecule has 0 bridgehead atoms.